The number of carbonyl (C=O) groups is 1. The third kappa shape index (κ3) is 4.46. The minimum absolute atomic E-state index is 0.0477. The molecule has 1 aliphatic rings. The molecule has 0 saturated heterocycles. The van der Waals surface area contributed by atoms with Gasteiger partial charge < -0.3 is 19.2 Å². The molecular formula is C26H23NO4. The van der Waals surface area contributed by atoms with E-state index in [9.17, 15) is 4.79 Å². The number of furan rings is 1. The lowest BCUT2D eigenvalue weighted by Crippen LogP contribution is -2.15. The van der Waals surface area contributed by atoms with Gasteiger partial charge in [0.05, 0.1) is 27.0 Å². The lowest BCUT2D eigenvalue weighted by Gasteiger charge is -2.16. The van der Waals surface area contributed by atoms with E-state index >= 15 is 0 Å². The van der Waals surface area contributed by atoms with Gasteiger partial charge in [0.25, 0.3) is 0 Å². The van der Waals surface area contributed by atoms with Crippen molar-refractivity contribution in [3.05, 3.63) is 113 Å². The highest BCUT2D eigenvalue weighted by atomic mass is 16.5. The lowest BCUT2D eigenvalue weighted by atomic mass is 9.95. The molecule has 1 aliphatic carbocycles. The molecule has 0 radical (unpaired) electrons. The van der Waals surface area contributed by atoms with Gasteiger partial charge >= 0.3 is 0 Å². The topological polar surface area (TPSA) is 60.7 Å². The number of benzene rings is 2. The van der Waals surface area contributed by atoms with Gasteiger partial charge in [0, 0.05) is 22.4 Å². The van der Waals surface area contributed by atoms with E-state index in [0.717, 1.165) is 28.3 Å². The fourth-order valence-electron chi connectivity index (χ4n) is 3.43. The molecule has 3 aromatic rings. The average Bonchev–Trinajstić information content (AvgIpc) is 3.52. The summed E-state index contributed by atoms with van der Waals surface area (Å²) < 4.78 is 16.0. The molecule has 5 nitrogen and oxygen atoms in total. The third-order valence-electron chi connectivity index (χ3n) is 5.08. The van der Waals surface area contributed by atoms with Crippen LogP contribution in [0.25, 0.3) is 5.70 Å². The number of nitrogens with one attached hydrogen (secondary N) is 1. The van der Waals surface area contributed by atoms with E-state index in [0.29, 0.717) is 23.4 Å². The Morgan fingerprint density at radius 3 is 2.13 bits per heavy atom. The van der Waals surface area contributed by atoms with Crippen LogP contribution in [-0.2, 0) is 6.54 Å². The van der Waals surface area contributed by atoms with Gasteiger partial charge in [0.1, 0.15) is 17.3 Å². The number of Topliss-reactive ketones (excluding diaryl/α,β-unsaturated/α-hetero) is 1. The van der Waals surface area contributed by atoms with Gasteiger partial charge in [0.2, 0.25) is 0 Å². The van der Waals surface area contributed by atoms with Crippen LogP contribution in [0.3, 0.4) is 0 Å². The highest BCUT2D eigenvalue weighted by molar-refractivity contribution is 6.14. The number of ether oxygens (including phenoxy) is 2. The molecule has 2 aromatic carbocycles. The van der Waals surface area contributed by atoms with Crippen LogP contribution in [0.5, 0.6) is 11.5 Å². The minimum atomic E-state index is -0.0477. The zero-order chi connectivity index (χ0) is 21.6. The molecule has 1 heterocycles. The fraction of sp³-hybridized carbons (Fsp3) is 0.115. The van der Waals surface area contributed by atoms with Crippen molar-refractivity contribution < 1.29 is 18.7 Å². The Kier molecular flexibility index (Phi) is 6.03. The van der Waals surface area contributed by atoms with Crippen molar-refractivity contribution in [2.45, 2.75) is 6.54 Å². The first-order chi connectivity index (χ1) is 15.2. The first kappa shape index (κ1) is 20.3. The second-order valence-corrected chi connectivity index (χ2v) is 6.95. The standard InChI is InChI=1S/C26H23NO4/c1-29-20-12-8-18(9-13-20)25(27-17-22-5-4-16-31-22)23-6-3-7-24(23)26(28)19-10-14-21(30-2)15-11-19/h3-16,27H,17H2,1-2H3/b25-23-. The molecule has 156 valence electrons. The van der Waals surface area contributed by atoms with E-state index in [4.69, 9.17) is 13.9 Å². The number of ketones is 1. The smallest absolute Gasteiger partial charge is 0.193 e. The van der Waals surface area contributed by atoms with Crippen molar-refractivity contribution in [1.29, 1.82) is 0 Å². The van der Waals surface area contributed by atoms with Crippen molar-refractivity contribution in [2.75, 3.05) is 14.2 Å². The number of allylic oxidation sites excluding steroid dienone is 5. The van der Waals surface area contributed by atoms with Crippen molar-refractivity contribution >= 4 is 11.5 Å². The predicted molar refractivity (Wildman–Crippen MR) is 120 cm³/mol. The maximum atomic E-state index is 13.3. The van der Waals surface area contributed by atoms with Crippen molar-refractivity contribution in [3.8, 4) is 11.5 Å². The summed E-state index contributed by atoms with van der Waals surface area (Å²) in [5.41, 5.74) is 3.86. The van der Waals surface area contributed by atoms with Crippen LogP contribution in [0, 0.1) is 0 Å². The van der Waals surface area contributed by atoms with E-state index in [1.807, 2.05) is 54.6 Å². The molecule has 1 N–H and O–H groups in total. The lowest BCUT2D eigenvalue weighted by molar-refractivity contribution is 0.103. The number of hydrogen-bond acceptors (Lipinski definition) is 5. The normalized spacial score (nSPS) is 14.2. The second kappa shape index (κ2) is 9.22. The summed E-state index contributed by atoms with van der Waals surface area (Å²) in [6.07, 6.45) is 7.33. The van der Waals surface area contributed by atoms with Gasteiger partial charge in [0.15, 0.2) is 5.78 Å². The maximum Gasteiger partial charge on any atom is 0.193 e. The van der Waals surface area contributed by atoms with Crippen LogP contribution in [-0.4, -0.2) is 20.0 Å². The Balaban J connectivity index is 1.70. The summed E-state index contributed by atoms with van der Waals surface area (Å²) in [7, 11) is 3.24. The molecule has 31 heavy (non-hydrogen) atoms. The van der Waals surface area contributed by atoms with Crippen LogP contribution in [0.1, 0.15) is 21.7 Å². The number of hydrogen-bond donors (Lipinski definition) is 1. The summed E-state index contributed by atoms with van der Waals surface area (Å²) in [5, 5.41) is 3.45. The summed E-state index contributed by atoms with van der Waals surface area (Å²) in [6, 6.07) is 18.6. The van der Waals surface area contributed by atoms with E-state index in [-0.39, 0.29) is 5.78 Å². The second-order valence-electron chi connectivity index (χ2n) is 6.95. The van der Waals surface area contributed by atoms with E-state index < -0.39 is 0 Å². The number of carbonyl (C=O) groups excluding carboxylic acids is 1. The molecule has 0 fully saturated rings. The van der Waals surface area contributed by atoms with Gasteiger partial charge in [-0.1, -0.05) is 18.2 Å². The summed E-state index contributed by atoms with van der Waals surface area (Å²) >= 11 is 0. The molecule has 0 atom stereocenters. The third-order valence-corrected chi connectivity index (χ3v) is 5.08. The molecule has 0 amide bonds. The molecule has 5 heteroatoms. The van der Waals surface area contributed by atoms with Crippen LogP contribution < -0.4 is 14.8 Å². The highest BCUT2D eigenvalue weighted by Crippen LogP contribution is 2.31. The van der Waals surface area contributed by atoms with Gasteiger partial charge in [-0.05, 0) is 66.2 Å². The van der Waals surface area contributed by atoms with Crippen molar-refractivity contribution in [1.82, 2.24) is 5.32 Å². The average molecular weight is 413 g/mol. The van der Waals surface area contributed by atoms with E-state index in [1.165, 1.54) is 0 Å². The van der Waals surface area contributed by atoms with Gasteiger partial charge in [-0.2, -0.15) is 0 Å². The minimum Gasteiger partial charge on any atom is -0.497 e. The Bertz CT molecular complexity index is 1140. The fourth-order valence-corrected chi connectivity index (χ4v) is 3.43. The Morgan fingerprint density at radius 2 is 1.55 bits per heavy atom. The first-order valence-corrected chi connectivity index (χ1v) is 9.92. The molecule has 0 saturated carbocycles. The Labute approximate surface area is 181 Å². The number of methoxy groups -OCH3 is 2. The van der Waals surface area contributed by atoms with E-state index in [1.54, 1.807) is 44.7 Å². The van der Waals surface area contributed by atoms with Crippen LogP contribution in [0.4, 0.5) is 0 Å². The monoisotopic (exact) mass is 413 g/mol. The van der Waals surface area contributed by atoms with Crippen LogP contribution in [0.15, 0.2) is 101 Å². The summed E-state index contributed by atoms with van der Waals surface area (Å²) in [4.78, 5) is 13.3. The SMILES string of the molecule is COc1ccc(C(=O)C2=CC=C/C2=C(/NCc2ccco2)c2ccc(OC)cc2)cc1. The predicted octanol–water partition coefficient (Wildman–Crippen LogP) is 5.18. The molecular weight excluding hydrogens is 390 g/mol. The molecule has 0 aliphatic heterocycles. The Morgan fingerprint density at radius 1 is 0.903 bits per heavy atom. The van der Waals surface area contributed by atoms with Gasteiger partial charge in [-0.25, -0.2) is 0 Å². The van der Waals surface area contributed by atoms with Crippen molar-refractivity contribution in [3.63, 3.8) is 0 Å². The molecule has 0 bridgehead atoms. The van der Waals surface area contributed by atoms with Gasteiger partial charge in [-0.3, -0.25) is 4.79 Å². The zero-order valence-electron chi connectivity index (χ0n) is 17.4. The largest absolute Gasteiger partial charge is 0.497 e. The Hall–Kier alpha value is -3.99. The van der Waals surface area contributed by atoms with Crippen LogP contribution in [0.2, 0.25) is 0 Å². The van der Waals surface area contributed by atoms with Crippen LogP contribution >= 0.6 is 0 Å². The maximum absolute atomic E-state index is 13.3. The zero-order valence-corrected chi connectivity index (χ0v) is 17.4. The summed E-state index contributed by atoms with van der Waals surface area (Å²) in [5.74, 6) is 2.24. The molecule has 0 spiro atoms. The number of rotatable bonds is 8. The molecule has 1 aromatic heterocycles. The molecule has 0 unspecified atom stereocenters. The highest BCUT2D eigenvalue weighted by Gasteiger charge is 2.22. The van der Waals surface area contributed by atoms with Crippen molar-refractivity contribution in [2.24, 2.45) is 0 Å². The summed E-state index contributed by atoms with van der Waals surface area (Å²) in [6.45, 7) is 0.496. The van der Waals surface area contributed by atoms with Gasteiger partial charge in [-0.15, -0.1) is 0 Å². The first-order valence-electron chi connectivity index (χ1n) is 9.92. The molecule has 4 rings (SSSR count). The van der Waals surface area contributed by atoms with E-state index in [2.05, 4.69) is 5.32 Å². The quantitative estimate of drug-likeness (QED) is 0.516.